The van der Waals surface area contributed by atoms with Gasteiger partial charge in [0.2, 0.25) is 0 Å². The van der Waals surface area contributed by atoms with E-state index in [1.54, 1.807) is 6.07 Å². The Balaban J connectivity index is 2.15. The molecule has 0 saturated heterocycles. The van der Waals surface area contributed by atoms with Crippen LogP contribution in [0.4, 0.5) is 4.39 Å². The van der Waals surface area contributed by atoms with Gasteiger partial charge < -0.3 is 5.11 Å². The summed E-state index contributed by atoms with van der Waals surface area (Å²) in [4.78, 5) is 4.25. The van der Waals surface area contributed by atoms with Gasteiger partial charge in [-0.25, -0.2) is 9.37 Å². The van der Waals surface area contributed by atoms with E-state index in [1.807, 2.05) is 19.2 Å². The van der Waals surface area contributed by atoms with Crippen LogP contribution in [-0.4, -0.2) is 10.1 Å². The Morgan fingerprint density at radius 3 is 2.76 bits per heavy atom. The van der Waals surface area contributed by atoms with Crippen LogP contribution in [0.2, 0.25) is 0 Å². The molecule has 0 spiro atoms. The summed E-state index contributed by atoms with van der Waals surface area (Å²) >= 11 is 1.52. The molecule has 1 heterocycles. The lowest BCUT2D eigenvalue weighted by atomic mass is 10.0. The van der Waals surface area contributed by atoms with E-state index in [0.29, 0.717) is 12.1 Å². The third-order valence-corrected chi connectivity index (χ3v) is 3.49. The molecule has 17 heavy (non-hydrogen) atoms. The zero-order valence-electron chi connectivity index (χ0n) is 9.77. The van der Waals surface area contributed by atoms with E-state index >= 15 is 0 Å². The van der Waals surface area contributed by atoms with Crippen molar-refractivity contribution in [2.24, 2.45) is 0 Å². The van der Waals surface area contributed by atoms with Gasteiger partial charge in [-0.3, -0.25) is 0 Å². The molecule has 2 aromatic rings. The monoisotopic (exact) mass is 251 g/mol. The van der Waals surface area contributed by atoms with Crippen molar-refractivity contribution in [2.75, 3.05) is 0 Å². The lowest BCUT2D eigenvalue weighted by molar-refractivity contribution is 0.174. The van der Waals surface area contributed by atoms with Crippen LogP contribution in [0.25, 0.3) is 0 Å². The van der Waals surface area contributed by atoms with Crippen LogP contribution in [0.3, 0.4) is 0 Å². The number of benzene rings is 1. The third kappa shape index (κ3) is 2.90. The summed E-state index contributed by atoms with van der Waals surface area (Å²) in [6, 6.07) is 4.61. The first-order chi connectivity index (χ1) is 8.06. The fraction of sp³-hybridized carbons (Fsp3) is 0.308. The van der Waals surface area contributed by atoms with Crippen molar-refractivity contribution in [3.05, 3.63) is 51.2 Å². The summed E-state index contributed by atoms with van der Waals surface area (Å²) in [5, 5.41) is 12.8. The van der Waals surface area contributed by atoms with Crippen molar-refractivity contribution in [1.29, 1.82) is 0 Å². The van der Waals surface area contributed by atoms with E-state index in [4.69, 9.17) is 0 Å². The summed E-state index contributed by atoms with van der Waals surface area (Å²) in [6.07, 6.45) is -0.154. The Kier molecular flexibility index (Phi) is 3.54. The Hall–Kier alpha value is -1.26. The van der Waals surface area contributed by atoms with Gasteiger partial charge in [0.1, 0.15) is 11.9 Å². The van der Waals surface area contributed by atoms with Crippen LogP contribution < -0.4 is 0 Å². The molecule has 1 N–H and O–H groups in total. The number of aromatic nitrogens is 1. The molecule has 0 radical (unpaired) electrons. The van der Waals surface area contributed by atoms with Crippen LogP contribution >= 0.6 is 11.3 Å². The van der Waals surface area contributed by atoms with E-state index in [2.05, 4.69) is 4.98 Å². The molecule has 1 aromatic carbocycles. The minimum Gasteiger partial charge on any atom is -0.386 e. The summed E-state index contributed by atoms with van der Waals surface area (Å²) in [7, 11) is 0. The highest BCUT2D eigenvalue weighted by Gasteiger charge is 2.13. The summed E-state index contributed by atoms with van der Waals surface area (Å²) in [5.74, 6) is -0.245. The highest BCUT2D eigenvalue weighted by molar-refractivity contribution is 7.09. The van der Waals surface area contributed by atoms with Crippen molar-refractivity contribution in [1.82, 2.24) is 4.98 Å². The number of nitrogens with zero attached hydrogens (tertiary/aromatic N) is 1. The van der Waals surface area contributed by atoms with E-state index in [9.17, 15) is 9.50 Å². The molecule has 1 unspecified atom stereocenters. The number of halogens is 1. The number of thiazole rings is 1. The molecule has 2 rings (SSSR count). The molecule has 0 bridgehead atoms. The molecule has 4 heteroatoms. The van der Waals surface area contributed by atoms with Gasteiger partial charge >= 0.3 is 0 Å². The molecule has 0 aliphatic heterocycles. The van der Waals surface area contributed by atoms with Gasteiger partial charge in [0.05, 0.1) is 10.7 Å². The lowest BCUT2D eigenvalue weighted by Gasteiger charge is -2.10. The van der Waals surface area contributed by atoms with Crippen molar-refractivity contribution in [3.8, 4) is 0 Å². The van der Waals surface area contributed by atoms with Crippen LogP contribution in [0, 0.1) is 19.7 Å². The fourth-order valence-electron chi connectivity index (χ4n) is 1.73. The predicted molar refractivity (Wildman–Crippen MR) is 66.7 cm³/mol. The molecule has 1 aromatic heterocycles. The number of aryl methyl sites for hydroxylation is 2. The van der Waals surface area contributed by atoms with Crippen LogP contribution in [0.15, 0.2) is 23.6 Å². The van der Waals surface area contributed by atoms with Gasteiger partial charge in [-0.1, -0.05) is 6.07 Å². The van der Waals surface area contributed by atoms with Crippen molar-refractivity contribution < 1.29 is 9.50 Å². The maximum atomic E-state index is 12.9. The SMILES string of the molecule is Cc1nc(C(O)Cc2ccc(F)cc2C)cs1. The van der Waals surface area contributed by atoms with E-state index in [-0.39, 0.29) is 5.82 Å². The largest absolute Gasteiger partial charge is 0.386 e. The third-order valence-electron chi connectivity index (χ3n) is 2.70. The molecular formula is C13H14FNOS. The van der Waals surface area contributed by atoms with Gasteiger partial charge in [-0.2, -0.15) is 0 Å². The first-order valence-corrected chi connectivity index (χ1v) is 6.29. The van der Waals surface area contributed by atoms with E-state index in [1.165, 1.54) is 23.5 Å². The minimum absolute atomic E-state index is 0.245. The second kappa shape index (κ2) is 4.94. The Morgan fingerprint density at radius 2 is 2.18 bits per heavy atom. The smallest absolute Gasteiger partial charge is 0.123 e. The maximum absolute atomic E-state index is 12.9. The Bertz CT molecular complexity index is 524. The normalized spacial score (nSPS) is 12.7. The van der Waals surface area contributed by atoms with Crippen molar-refractivity contribution in [2.45, 2.75) is 26.4 Å². The Labute approximate surface area is 104 Å². The van der Waals surface area contributed by atoms with Crippen LogP contribution in [-0.2, 0) is 6.42 Å². The first-order valence-electron chi connectivity index (χ1n) is 5.41. The molecule has 0 aliphatic rings. The topological polar surface area (TPSA) is 33.1 Å². The molecular weight excluding hydrogens is 237 g/mol. The standard InChI is InChI=1S/C13H14FNOS/c1-8-5-11(14)4-3-10(8)6-13(16)12-7-17-9(2)15-12/h3-5,7,13,16H,6H2,1-2H3. The molecule has 0 saturated carbocycles. The predicted octanol–water partition coefficient (Wildman–Crippen LogP) is 3.18. The number of hydrogen-bond acceptors (Lipinski definition) is 3. The van der Waals surface area contributed by atoms with Crippen LogP contribution in [0.1, 0.15) is 27.9 Å². The first kappa shape index (κ1) is 12.2. The van der Waals surface area contributed by atoms with Gasteiger partial charge in [0.25, 0.3) is 0 Å². The van der Waals surface area contributed by atoms with Crippen molar-refractivity contribution in [3.63, 3.8) is 0 Å². The fourth-order valence-corrected chi connectivity index (χ4v) is 2.39. The molecule has 90 valence electrons. The minimum atomic E-state index is -0.621. The van der Waals surface area contributed by atoms with Gasteiger partial charge in [-0.15, -0.1) is 11.3 Å². The van der Waals surface area contributed by atoms with Crippen LogP contribution in [0.5, 0.6) is 0 Å². The lowest BCUT2D eigenvalue weighted by Crippen LogP contribution is -2.04. The molecule has 0 amide bonds. The quantitative estimate of drug-likeness (QED) is 0.909. The maximum Gasteiger partial charge on any atom is 0.123 e. The number of hydrogen-bond donors (Lipinski definition) is 1. The zero-order valence-corrected chi connectivity index (χ0v) is 10.6. The second-order valence-electron chi connectivity index (χ2n) is 4.08. The van der Waals surface area contributed by atoms with E-state index < -0.39 is 6.10 Å². The molecule has 1 atom stereocenters. The summed E-state index contributed by atoms with van der Waals surface area (Å²) < 4.78 is 12.9. The Morgan fingerprint density at radius 1 is 1.41 bits per heavy atom. The average Bonchev–Trinajstić information content (AvgIpc) is 2.69. The highest BCUT2D eigenvalue weighted by atomic mass is 32.1. The molecule has 2 nitrogen and oxygen atoms in total. The van der Waals surface area contributed by atoms with Gasteiger partial charge in [0, 0.05) is 11.8 Å². The number of rotatable bonds is 3. The molecule has 0 fully saturated rings. The summed E-state index contributed by atoms with van der Waals surface area (Å²) in [5.41, 5.74) is 2.50. The zero-order chi connectivity index (χ0) is 12.4. The number of aliphatic hydroxyl groups excluding tert-OH is 1. The summed E-state index contributed by atoms with van der Waals surface area (Å²) in [6.45, 7) is 3.75. The highest BCUT2D eigenvalue weighted by Crippen LogP contribution is 2.22. The van der Waals surface area contributed by atoms with E-state index in [0.717, 1.165) is 16.1 Å². The average molecular weight is 251 g/mol. The second-order valence-corrected chi connectivity index (χ2v) is 5.14. The van der Waals surface area contributed by atoms with Gasteiger partial charge in [-0.05, 0) is 37.1 Å². The van der Waals surface area contributed by atoms with Crippen molar-refractivity contribution >= 4 is 11.3 Å². The number of aliphatic hydroxyl groups is 1. The molecule has 0 aliphatic carbocycles. The van der Waals surface area contributed by atoms with Gasteiger partial charge in [0.15, 0.2) is 0 Å².